The predicted octanol–water partition coefficient (Wildman–Crippen LogP) is 2.27. The molecule has 2 fully saturated rings. The minimum Gasteiger partial charge on any atom is -0.389 e. The van der Waals surface area contributed by atoms with E-state index >= 15 is 0 Å². The van der Waals surface area contributed by atoms with Crippen molar-refractivity contribution in [1.82, 2.24) is 4.90 Å². The number of likely N-dealkylation sites (tertiary alicyclic amines) is 1. The molecule has 1 saturated heterocycles. The van der Waals surface area contributed by atoms with E-state index in [1.807, 2.05) is 0 Å². The van der Waals surface area contributed by atoms with Crippen LogP contribution in [0.4, 0.5) is 0 Å². The summed E-state index contributed by atoms with van der Waals surface area (Å²) in [5, 5.41) is 10.3. The van der Waals surface area contributed by atoms with Gasteiger partial charge in [0.25, 0.3) is 0 Å². The zero-order chi connectivity index (χ0) is 10.9. The van der Waals surface area contributed by atoms with Crippen LogP contribution in [-0.4, -0.2) is 35.2 Å². The summed E-state index contributed by atoms with van der Waals surface area (Å²) in [6, 6.07) is 0. The summed E-state index contributed by atoms with van der Waals surface area (Å²) in [6.07, 6.45) is 5.81. The fraction of sp³-hybridized carbons (Fsp3) is 1.00. The molecule has 0 aromatic carbocycles. The van der Waals surface area contributed by atoms with Gasteiger partial charge in [-0.25, -0.2) is 0 Å². The molecule has 1 aliphatic heterocycles. The number of rotatable bonds is 3. The van der Waals surface area contributed by atoms with Crippen LogP contribution in [0.15, 0.2) is 0 Å². The molecule has 1 atom stereocenters. The van der Waals surface area contributed by atoms with E-state index in [-0.39, 0.29) is 5.60 Å². The van der Waals surface area contributed by atoms with Crippen molar-refractivity contribution in [3.63, 3.8) is 0 Å². The molecule has 0 bridgehead atoms. The quantitative estimate of drug-likeness (QED) is 0.774. The van der Waals surface area contributed by atoms with Gasteiger partial charge in [-0.3, -0.25) is 0 Å². The van der Waals surface area contributed by atoms with Gasteiger partial charge in [-0.2, -0.15) is 0 Å². The molecule has 88 valence electrons. The molecule has 1 N–H and O–H groups in total. The van der Waals surface area contributed by atoms with Gasteiger partial charge >= 0.3 is 0 Å². The normalized spacial score (nSPS) is 31.6. The van der Waals surface area contributed by atoms with Crippen molar-refractivity contribution in [2.24, 2.45) is 11.8 Å². The Kier molecular flexibility index (Phi) is 3.36. The number of β-amino-alcohol motifs (C(OH)–C–C–N with tert-alkyl or cyclic N) is 1. The first-order chi connectivity index (χ1) is 7.09. The highest BCUT2D eigenvalue weighted by Gasteiger charge is 2.35. The minimum absolute atomic E-state index is 0.341. The Labute approximate surface area is 93.7 Å². The first kappa shape index (κ1) is 11.4. The van der Waals surface area contributed by atoms with Gasteiger partial charge in [0, 0.05) is 13.1 Å². The van der Waals surface area contributed by atoms with Crippen molar-refractivity contribution in [2.75, 3.05) is 19.6 Å². The van der Waals surface area contributed by atoms with Crippen molar-refractivity contribution in [3.05, 3.63) is 0 Å². The van der Waals surface area contributed by atoms with E-state index in [4.69, 9.17) is 0 Å². The number of hydrogen-bond donors (Lipinski definition) is 1. The van der Waals surface area contributed by atoms with E-state index in [2.05, 4.69) is 18.7 Å². The molecule has 0 aromatic rings. The maximum Gasteiger partial charge on any atom is 0.0774 e. The van der Waals surface area contributed by atoms with Crippen LogP contribution < -0.4 is 0 Å². The third-order valence-electron chi connectivity index (χ3n) is 4.30. The highest BCUT2D eigenvalue weighted by Crippen LogP contribution is 2.32. The fourth-order valence-electron chi connectivity index (χ4n) is 3.16. The van der Waals surface area contributed by atoms with E-state index in [0.717, 1.165) is 31.2 Å². The predicted molar refractivity (Wildman–Crippen MR) is 62.8 cm³/mol. The van der Waals surface area contributed by atoms with Crippen LogP contribution in [0.5, 0.6) is 0 Å². The Morgan fingerprint density at radius 1 is 1.33 bits per heavy atom. The highest BCUT2D eigenvalue weighted by molar-refractivity contribution is 4.90. The second-order valence-electron chi connectivity index (χ2n) is 5.96. The smallest absolute Gasteiger partial charge is 0.0774 e. The van der Waals surface area contributed by atoms with Crippen LogP contribution in [0.25, 0.3) is 0 Å². The molecule has 2 aliphatic rings. The summed E-state index contributed by atoms with van der Waals surface area (Å²) in [5.74, 6) is 1.66. The maximum atomic E-state index is 10.3. The maximum absolute atomic E-state index is 10.3. The Bertz CT molecular complexity index is 209. The lowest BCUT2D eigenvalue weighted by Crippen LogP contribution is -2.40. The molecule has 2 nitrogen and oxygen atoms in total. The lowest BCUT2D eigenvalue weighted by molar-refractivity contribution is 0.0144. The van der Waals surface area contributed by atoms with Gasteiger partial charge in [-0.1, -0.05) is 26.7 Å². The molecule has 0 amide bonds. The molecule has 2 heteroatoms. The minimum atomic E-state index is -0.341. The standard InChI is InChI=1S/C13H25NO/c1-11(2)12-5-8-14(9-12)10-13(15)6-3-4-7-13/h11-12,15H,3-10H2,1-2H3. The average molecular weight is 211 g/mol. The molecule has 0 aromatic heterocycles. The third kappa shape index (κ3) is 2.73. The average Bonchev–Trinajstić information content (AvgIpc) is 2.75. The van der Waals surface area contributed by atoms with Gasteiger partial charge in [-0.15, -0.1) is 0 Å². The Balaban J connectivity index is 1.81. The fourth-order valence-corrected chi connectivity index (χ4v) is 3.16. The highest BCUT2D eigenvalue weighted by atomic mass is 16.3. The molecule has 0 spiro atoms. The van der Waals surface area contributed by atoms with Crippen LogP contribution in [0, 0.1) is 11.8 Å². The second kappa shape index (κ2) is 4.42. The van der Waals surface area contributed by atoms with Gasteiger partial charge in [-0.05, 0) is 37.6 Å². The molecule has 1 aliphatic carbocycles. The second-order valence-corrected chi connectivity index (χ2v) is 5.96. The summed E-state index contributed by atoms with van der Waals surface area (Å²) in [7, 11) is 0. The van der Waals surface area contributed by atoms with Crippen LogP contribution in [-0.2, 0) is 0 Å². The SMILES string of the molecule is CC(C)C1CCN(CC2(O)CCCC2)C1. The van der Waals surface area contributed by atoms with Gasteiger partial charge in [0.05, 0.1) is 5.60 Å². The Morgan fingerprint density at radius 2 is 2.00 bits per heavy atom. The summed E-state index contributed by atoms with van der Waals surface area (Å²) in [4.78, 5) is 2.48. The summed E-state index contributed by atoms with van der Waals surface area (Å²) >= 11 is 0. The van der Waals surface area contributed by atoms with E-state index < -0.39 is 0 Å². The topological polar surface area (TPSA) is 23.5 Å². The van der Waals surface area contributed by atoms with Crippen molar-refractivity contribution in [2.45, 2.75) is 51.6 Å². The van der Waals surface area contributed by atoms with Gasteiger partial charge in [0.1, 0.15) is 0 Å². The lowest BCUT2D eigenvalue weighted by Gasteiger charge is -2.28. The Hall–Kier alpha value is -0.0800. The summed E-state index contributed by atoms with van der Waals surface area (Å²) in [5.41, 5.74) is -0.341. The molecule has 2 rings (SSSR count). The van der Waals surface area contributed by atoms with Crippen molar-refractivity contribution < 1.29 is 5.11 Å². The molecule has 1 unspecified atom stereocenters. The van der Waals surface area contributed by atoms with Crippen LogP contribution in [0.2, 0.25) is 0 Å². The van der Waals surface area contributed by atoms with Crippen LogP contribution in [0.1, 0.15) is 46.0 Å². The first-order valence-electron chi connectivity index (χ1n) is 6.54. The first-order valence-corrected chi connectivity index (χ1v) is 6.54. The van der Waals surface area contributed by atoms with E-state index in [1.54, 1.807) is 0 Å². The van der Waals surface area contributed by atoms with Crippen LogP contribution in [0.3, 0.4) is 0 Å². The van der Waals surface area contributed by atoms with E-state index in [9.17, 15) is 5.11 Å². The monoisotopic (exact) mass is 211 g/mol. The Morgan fingerprint density at radius 3 is 2.53 bits per heavy atom. The zero-order valence-electron chi connectivity index (χ0n) is 10.2. The zero-order valence-corrected chi connectivity index (χ0v) is 10.2. The van der Waals surface area contributed by atoms with E-state index in [1.165, 1.54) is 32.4 Å². The third-order valence-corrected chi connectivity index (χ3v) is 4.30. The number of aliphatic hydroxyl groups is 1. The number of nitrogens with zero attached hydrogens (tertiary/aromatic N) is 1. The molecule has 15 heavy (non-hydrogen) atoms. The molecular formula is C13H25NO. The lowest BCUT2D eigenvalue weighted by atomic mass is 9.95. The van der Waals surface area contributed by atoms with Crippen molar-refractivity contribution in [1.29, 1.82) is 0 Å². The van der Waals surface area contributed by atoms with E-state index in [0.29, 0.717) is 0 Å². The summed E-state index contributed by atoms with van der Waals surface area (Å²) < 4.78 is 0. The largest absolute Gasteiger partial charge is 0.389 e. The molecule has 1 heterocycles. The van der Waals surface area contributed by atoms with Gasteiger partial charge in [0.2, 0.25) is 0 Å². The molecule has 1 saturated carbocycles. The van der Waals surface area contributed by atoms with Crippen molar-refractivity contribution >= 4 is 0 Å². The number of hydrogen-bond acceptors (Lipinski definition) is 2. The van der Waals surface area contributed by atoms with Crippen molar-refractivity contribution in [3.8, 4) is 0 Å². The summed E-state index contributed by atoms with van der Waals surface area (Å²) in [6.45, 7) is 7.97. The molecular weight excluding hydrogens is 186 g/mol. The van der Waals surface area contributed by atoms with Crippen LogP contribution >= 0.6 is 0 Å². The van der Waals surface area contributed by atoms with Gasteiger partial charge in [0.15, 0.2) is 0 Å². The molecule has 0 radical (unpaired) electrons. The van der Waals surface area contributed by atoms with Gasteiger partial charge < -0.3 is 10.0 Å².